The van der Waals surface area contributed by atoms with Crippen LogP contribution < -0.4 is 10.2 Å². The van der Waals surface area contributed by atoms with Crippen molar-refractivity contribution >= 4 is 17.3 Å². The minimum Gasteiger partial charge on any atom is -0.365 e. The number of nitrogens with zero attached hydrogens (tertiary/aromatic N) is 4. The van der Waals surface area contributed by atoms with E-state index in [1.807, 2.05) is 20.2 Å². The highest BCUT2D eigenvalue weighted by Crippen LogP contribution is 2.39. The Morgan fingerprint density at radius 2 is 2.03 bits per heavy atom. The van der Waals surface area contributed by atoms with Gasteiger partial charge in [0, 0.05) is 56.6 Å². The number of rotatable bonds is 6. The van der Waals surface area contributed by atoms with Crippen molar-refractivity contribution in [1.82, 2.24) is 15.1 Å². The lowest BCUT2D eigenvalue weighted by Gasteiger charge is -2.50. The standard InChI is InChI=1S/C22H33N5O3/c1-24(2)10-9-23-22(28)19-14-16-13-18(27(29)30)7-8-20(16)26-12-11-25(15-21(19)26)17-5-3-4-6-17/h7-8,13,17,19,21H,3-6,9-12,14-15H2,1-2H3,(H,23,28)/t19-,21+/m1/s1. The molecule has 0 aromatic heterocycles. The van der Waals surface area contributed by atoms with Crippen molar-refractivity contribution in [3.63, 3.8) is 0 Å². The van der Waals surface area contributed by atoms with Crippen LogP contribution in [0.1, 0.15) is 31.2 Å². The summed E-state index contributed by atoms with van der Waals surface area (Å²) in [5.74, 6) is -0.122. The van der Waals surface area contributed by atoms with Crippen LogP contribution in [0.3, 0.4) is 0 Å². The number of nitro benzene ring substituents is 1. The average Bonchev–Trinajstić information content (AvgIpc) is 3.26. The predicted octanol–water partition coefficient (Wildman–Crippen LogP) is 1.88. The monoisotopic (exact) mass is 415 g/mol. The second kappa shape index (κ2) is 8.89. The SMILES string of the molecule is CN(C)CCNC(=O)[C@@H]1Cc2cc([N+](=O)[O-])ccc2N2CCN(C3CCCC3)C[C@@H]12. The Morgan fingerprint density at radius 1 is 1.27 bits per heavy atom. The minimum absolute atomic E-state index is 0.0669. The summed E-state index contributed by atoms with van der Waals surface area (Å²) in [6.45, 7) is 4.17. The maximum atomic E-state index is 13.2. The van der Waals surface area contributed by atoms with Crippen molar-refractivity contribution in [1.29, 1.82) is 0 Å². The average molecular weight is 416 g/mol. The van der Waals surface area contributed by atoms with Gasteiger partial charge in [0.05, 0.1) is 16.9 Å². The van der Waals surface area contributed by atoms with Crippen LogP contribution in [-0.4, -0.2) is 79.5 Å². The lowest BCUT2D eigenvalue weighted by atomic mass is 9.83. The third-order valence-corrected chi connectivity index (χ3v) is 6.97. The number of nitrogens with one attached hydrogen (secondary N) is 1. The maximum absolute atomic E-state index is 13.2. The molecule has 0 bridgehead atoms. The number of non-ortho nitro benzene ring substituents is 1. The van der Waals surface area contributed by atoms with Gasteiger partial charge in [-0.15, -0.1) is 0 Å². The quantitative estimate of drug-likeness (QED) is 0.564. The van der Waals surface area contributed by atoms with E-state index in [9.17, 15) is 14.9 Å². The molecule has 8 nitrogen and oxygen atoms in total. The molecule has 1 amide bonds. The van der Waals surface area contributed by atoms with Gasteiger partial charge in [-0.1, -0.05) is 12.8 Å². The van der Waals surface area contributed by atoms with Gasteiger partial charge >= 0.3 is 0 Å². The molecule has 2 atom stereocenters. The zero-order chi connectivity index (χ0) is 21.3. The molecule has 1 aliphatic carbocycles. The van der Waals surface area contributed by atoms with Gasteiger partial charge in [-0.05, 0) is 45.0 Å². The van der Waals surface area contributed by atoms with Gasteiger partial charge < -0.3 is 15.1 Å². The van der Waals surface area contributed by atoms with E-state index in [1.165, 1.54) is 25.7 Å². The number of amides is 1. The number of likely N-dealkylation sites (N-methyl/N-ethyl adjacent to an activating group) is 1. The van der Waals surface area contributed by atoms with Crippen molar-refractivity contribution in [2.75, 3.05) is 51.7 Å². The van der Waals surface area contributed by atoms with Gasteiger partial charge in [0.15, 0.2) is 0 Å². The van der Waals surface area contributed by atoms with E-state index in [0.717, 1.165) is 37.4 Å². The van der Waals surface area contributed by atoms with E-state index in [0.29, 0.717) is 19.0 Å². The molecule has 3 aliphatic rings. The van der Waals surface area contributed by atoms with Gasteiger partial charge in [0.1, 0.15) is 0 Å². The molecule has 0 spiro atoms. The first-order chi connectivity index (χ1) is 14.4. The molecular weight excluding hydrogens is 382 g/mol. The fourth-order valence-corrected chi connectivity index (χ4v) is 5.38. The van der Waals surface area contributed by atoms with Gasteiger partial charge in [-0.2, -0.15) is 0 Å². The van der Waals surface area contributed by atoms with E-state index in [1.54, 1.807) is 12.1 Å². The van der Waals surface area contributed by atoms with Gasteiger partial charge in [-0.25, -0.2) is 0 Å². The summed E-state index contributed by atoms with van der Waals surface area (Å²) in [7, 11) is 3.98. The van der Waals surface area contributed by atoms with Crippen molar-refractivity contribution < 1.29 is 9.72 Å². The smallest absolute Gasteiger partial charge is 0.269 e. The Balaban J connectivity index is 1.58. The molecule has 0 radical (unpaired) electrons. The third kappa shape index (κ3) is 4.30. The van der Waals surface area contributed by atoms with Gasteiger partial charge in [-0.3, -0.25) is 19.8 Å². The summed E-state index contributed by atoms with van der Waals surface area (Å²) >= 11 is 0. The lowest BCUT2D eigenvalue weighted by molar-refractivity contribution is -0.384. The molecule has 1 aromatic rings. The summed E-state index contributed by atoms with van der Waals surface area (Å²) in [6.07, 6.45) is 5.68. The minimum atomic E-state index is -0.351. The topological polar surface area (TPSA) is 82.0 Å². The molecule has 2 fully saturated rings. The number of carbonyl (C=O) groups is 1. The number of benzene rings is 1. The van der Waals surface area contributed by atoms with E-state index < -0.39 is 0 Å². The van der Waals surface area contributed by atoms with Crippen LogP contribution in [0.2, 0.25) is 0 Å². The van der Waals surface area contributed by atoms with E-state index >= 15 is 0 Å². The van der Waals surface area contributed by atoms with Crippen LogP contribution in [-0.2, 0) is 11.2 Å². The normalized spacial score (nSPS) is 24.6. The van der Waals surface area contributed by atoms with Crippen LogP contribution >= 0.6 is 0 Å². The number of carbonyl (C=O) groups excluding carboxylic acids is 1. The largest absolute Gasteiger partial charge is 0.365 e. The van der Waals surface area contributed by atoms with E-state index in [4.69, 9.17) is 0 Å². The molecular formula is C22H33N5O3. The molecule has 4 rings (SSSR count). The zero-order valence-corrected chi connectivity index (χ0v) is 18.0. The summed E-state index contributed by atoms with van der Waals surface area (Å²) < 4.78 is 0. The molecule has 0 unspecified atom stereocenters. The second-order valence-electron chi connectivity index (χ2n) is 9.17. The highest BCUT2D eigenvalue weighted by Gasteiger charge is 2.43. The molecule has 2 aliphatic heterocycles. The maximum Gasteiger partial charge on any atom is 0.269 e. The van der Waals surface area contributed by atoms with Crippen LogP contribution in [0.4, 0.5) is 11.4 Å². The number of nitro groups is 1. The Hall–Kier alpha value is -2.19. The fraction of sp³-hybridized carbons (Fsp3) is 0.682. The highest BCUT2D eigenvalue weighted by molar-refractivity contribution is 5.82. The first-order valence-electron chi connectivity index (χ1n) is 11.1. The molecule has 1 N–H and O–H groups in total. The third-order valence-electron chi connectivity index (χ3n) is 6.97. The number of hydrogen-bond acceptors (Lipinski definition) is 6. The van der Waals surface area contributed by atoms with E-state index in [-0.39, 0.29) is 28.5 Å². The Morgan fingerprint density at radius 3 is 2.73 bits per heavy atom. The molecule has 1 aromatic carbocycles. The molecule has 1 saturated carbocycles. The van der Waals surface area contributed by atoms with Gasteiger partial charge in [0.25, 0.3) is 5.69 Å². The first-order valence-corrected chi connectivity index (χ1v) is 11.1. The van der Waals surface area contributed by atoms with Crippen molar-refractivity contribution in [3.05, 3.63) is 33.9 Å². The Kier molecular flexibility index (Phi) is 6.24. The number of hydrogen-bond donors (Lipinski definition) is 1. The molecule has 164 valence electrons. The van der Waals surface area contributed by atoms with Crippen LogP contribution in [0.5, 0.6) is 0 Å². The first kappa shape index (κ1) is 21.1. The summed E-state index contributed by atoms with van der Waals surface area (Å²) in [5, 5.41) is 14.4. The van der Waals surface area contributed by atoms with Crippen LogP contribution in [0.15, 0.2) is 18.2 Å². The molecule has 1 saturated heterocycles. The van der Waals surface area contributed by atoms with E-state index in [2.05, 4.69) is 20.0 Å². The molecule has 30 heavy (non-hydrogen) atoms. The lowest BCUT2D eigenvalue weighted by Crippen LogP contribution is -2.62. The second-order valence-corrected chi connectivity index (χ2v) is 9.17. The highest BCUT2D eigenvalue weighted by atomic mass is 16.6. The van der Waals surface area contributed by atoms with Crippen molar-refractivity contribution in [2.24, 2.45) is 5.92 Å². The number of piperazine rings is 1. The molecule has 8 heteroatoms. The van der Waals surface area contributed by atoms with Crippen molar-refractivity contribution in [3.8, 4) is 0 Å². The van der Waals surface area contributed by atoms with Crippen LogP contribution in [0, 0.1) is 16.0 Å². The summed E-state index contributed by atoms with van der Waals surface area (Å²) in [4.78, 5) is 31.1. The number of anilines is 1. The van der Waals surface area contributed by atoms with Crippen LogP contribution in [0.25, 0.3) is 0 Å². The Bertz CT molecular complexity index is 793. The fourth-order valence-electron chi connectivity index (χ4n) is 5.38. The zero-order valence-electron chi connectivity index (χ0n) is 18.0. The van der Waals surface area contributed by atoms with Crippen molar-refractivity contribution in [2.45, 2.75) is 44.2 Å². The summed E-state index contributed by atoms with van der Waals surface area (Å²) in [5.41, 5.74) is 2.08. The predicted molar refractivity (Wildman–Crippen MR) is 117 cm³/mol. The Labute approximate surface area is 178 Å². The molecule has 2 heterocycles. The summed E-state index contributed by atoms with van der Waals surface area (Å²) in [6, 6.07) is 5.90. The van der Waals surface area contributed by atoms with Gasteiger partial charge in [0.2, 0.25) is 5.91 Å². The number of fused-ring (bicyclic) bond motifs is 3.